The zero-order valence-electron chi connectivity index (χ0n) is 14.9. The molecule has 0 radical (unpaired) electrons. The maximum Gasteiger partial charge on any atom is 0.331 e. The fraction of sp³-hybridized carbons (Fsp3) is 0.333. The molecule has 1 aromatic carbocycles. The number of H-pyrrole nitrogens is 1. The Labute approximate surface area is 154 Å². The first kappa shape index (κ1) is 20.1. The van der Waals surface area contributed by atoms with E-state index in [-0.39, 0.29) is 23.8 Å². The van der Waals surface area contributed by atoms with E-state index in [2.05, 4.69) is 15.5 Å². The van der Waals surface area contributed by atoms with Crippen LogP contribution in [0.4, 0.5) is 4.39 Å². The fourth-order valence-electron chi connectivity index (χ4n) is 2.35. The van der Waals surface area contributed by atoms with E-state index in [9.17, 15) is 23.9 Å². The number of aromatic nitrogens is 2. The van der Waals surface area contributed by atoms with Gasteiger partial charge in [0.05, 0.1) is 6.21 Å². The van der Waals surface area contributed by atoms with Crippen LogP contribution in [-0.4, -0.2) is 26.8 Å². The van der Waals surface area contributed by atoms with Crippen molar-refractivity contribution in [2.75, 3.05) is 0 Å². The van der Waals surface area contributed by atoms with Crippen molar-refractivity contribution < 1.29 is 14.3 Å². The van der Waals surface area contributed by atoms with Gasteiger partial charge < -0.3 is 5.11 Å². The van der Waals surface area contributed by atoms with Crippen LogP contribution in [0.15, 0.2) is 39.0 Å². The number of carbonyl (C=O) groups is 1. The van der Waals surface area contributed by atoms with Crippen LogP contribution in [0.5, 0.6) is 5.88 Å². The second-order valence-electron chi connectivity index (χ2n) is 5.92. The molecule has 0 saturated heterocycles. The van der Waals surface area contributed by atoms with Crippen molar-refractivity contribution in [3.05, 3.63) is 62.0 Å². The summed E-state index contributed by atoms with van der Waals surface area (Å²) in [6.07, 6.45) is 3.20. The molecule has 27 heavy (non-hydrogen) atoms. The molecule has 0 unspecified atom stereocenters. The number of rotatable bonds is 8. The molecule has 0 aliphatic rings. The van der Waals surface area contributed by atoms with Gasteiger partial charge in [0.1, 0.15) is 11.4 Å². The molecule has 1 aromatic heterocycles. The predicted octanol–water partition coefficient (Wildman–Crippen LogP) is 1.26. The summed E-state index contributed by atoms with van der Waals surface area (Å²) in [4.78, 5) is 37.5. The molecule has 0 aliphatic heterocycles. The summed E-state index contributed by atoms with van der Waals surface area (Å²) in [7, 11) is 0. The van der Waals surface area contributed by atoms with Crippen molar-refractivity contribution in [1.82, 2.24) is 15.0 Å². The Bertz CT molecular complexity index is 932. The second kappa shape index (κ2) is 9.46. The predicted molar refractivity (Wildman–Crippen MR) is 98.4 cm³/mol. The highest BCUT2D eigenvalue weighted by Crippen LogP contribution is 2.10. The van der Waals surface area contributed by atoms with Crippen molar-refractivity contribution in [2.24, 2.45) is 5.10 Å². The van der Waals surface area contributed by atoms with Crippen molar-refractivity contribution in [2.45, 2.75) is 39.2 Å². The van der Waals surface area contributed by atoms with Crippen molar-refractivity contribution >= 4 is 12.1 Å². The SMILES string of the molecule is CCCCC(=O)N/N=C/c1c(O)n(CCc2ccc(F)cc2)c(=O)[nH]c1=O. The molecule has 0 aliphatic carbocycles. The number of aromatic amines is 1. The van der Waals surface area contributed by atoms with Gasteiger partial charge in [0.2, 0.25) is 11.8 Å². The van der Waals surface area contributed by atoms with Gasteiger partial charge >= 0.3 is 5.69 Å². The van der Waals surface area contributed by atoms with E-state index in [1.807, 2.05) is 6.92 Å². The van der Waals surface area contributed by atoms with Crippen LogP contribution >= 0.6 is 0 Å². The van der Waals surface area contributed by atoms with Crippen LogP contribution < -0.4 is 16.7 Å². The molecule has 144 valence electrons. The minimum Gasteiger partial charge on any atom is -0.494 e. The smallest absolute Gasteiger partial charge is 0.331 e. The molecule has 8 nitrogen and oxygen atoms in total. The van der Waals surface area contributed by atoms with Gasteiger partial charge in [-0.1, -0.05) is 25.5 Å². The summed E-state index contributed by atoms with van der Waals surface area (Å²) >= 11 is 0. The maximum absolute atomic E-state index is 12.9. The number of carbonyl (C=O) groups excluding carboxylic acids is 1. The molecule has 0 atom stereocenters. The van der Waals surface area contributed by atoms with Crippen LogP contribution in [0.1, 0.15) is 37.3 Å². The topological polar surface area (TPSA) is 117 Å². The normalized spacial score (nSPS) is 11.0. The number of amides is 1. The summed E-state index contributed by atoms with van der Waals surface area (Å²) < 4.78 is 13.9. The van der Waals surface area contributed by atoms with Crippen LogP contribution in [0.25, 0.3) is 0 Å². The molecule has 0 fully saturated rings. The summed E-state index contributed by atoms with van der Waals surface area (Å²) in [5, 5.41) is 13.9. The molecule has 1 heterocycles. The maximum atomic E-state index is 12.9. The van der Waals surface area contributed by atoms with Gasteiger partial charge in [0.15, 0.2) is 0 Å². The molecule has 0 spiro atoms. The van der Waals surface area contributed by atoms with Crippen molar-refractivity contribution in [3.63, 3.8) is 0 Å². The van der Waals surface area contributed by atoms with Crippen LogP contribution in [0, 0.1) is 5.82 Å². The highest BCUT2D eigenvalue weighted by atomic mass is 19.1. The van der Waals surface area contributed by atoms with Crippen LogP contribution in [0.2, 0.25) is 0 Å². The van der Waals surface area contributed by atoms with E-state index < -0.39 is 17.1 Å². The average molecular weight is 376 g/mol. The first-order chi connectivity index (χ1) is 12.9. The minimum atomic E-state index is -0.818. The first-order valence-corrected chi connectivity index (χ1v) is 8.54. The lowest BCUT2D eigenvalue weighted by Gasteiger charge is -2.09. The van der Waals surface area contributed by atoms with E-state index in [1.165, 1.54) is 12.1 Å². The highest BCUT2D eigenvalue weighted by Gasteiger charge is 2.13. The number of aromatic hydroxyl groups is 1. The molecule has 2 rings (SSSR count). The minimum absolute atomic E-state index is 0.0662. The highest BCUT2D eigenvalue weighted by molar-refractivity contribution is 5.83. The van der Waals surface area contributed by atoms with Gasteiger partial charge in [-0.15, -0.1) is 0 Å². The summed E-state index contributed by atoms with van der Waals surface area (Å²) in [5.41, 5.74) is 1.18. The lowest BCUT2D eigenvalue weighted by atomic mass is 10.1. The Balaban J connectivity index is 2.16. The van der Waals surface area contributed by atoms with Gasteiger partial charge in [0.25, 0.3) is 5.56 Å². The Hall–Kier alpha value is -3.23. The average Bonchev–Trinajstić information content (AvgIpc) is 2.63. The lowest BCUT2D eigenvalue weighted by Crippen LogP contribution is -2.33. The van der Waals surface area contributed by atoms with Crippen LogP contribution in [-0.2, 0) is 17.8 Å². The Morgan fingerprint density at radius 3 is 2.70 bits per heavy atom. The molecule has 9 heteroatoms. The van der Waals surface area contributed by atoms with Gasteiger partial charge in [-0.05, 0) is 30.5 Å². The van der Waals surface area contributed by atoms with E-state index in [0.29, 0.717) is 19.3 Å². The number of benzene rings is 1. The molecule has 1 amide bonds. The van der Waals surface area contributed by atoms with E-state index in [0.717, 1.165) is 22.8 Å². The molecular formula is C18H21FN4O4. The van der Waals surface area contributed by atoms with E-state index in [1.54, 1.807) is 12.1 Å². The van der Waals surface area contributed by atoms with E-state index >= 15 is 0 Å². The summed E-state index contributed by atoms with van der Waals surface area (Å²) in [6.45, 7) is 2.01. The van der Waals surface area contributed by atoms with Gasteiger partial charge in [-0.25, -0.2) is 14.6 Å². The molecule has 2 aromatic rings. The zero-order chi connectivity index (χ0) is 19.8. The van der Waals surface area contributed by atoms with Gasteiger partial charge in [0, 0.05) is 13.0 Å². The third kappa shape index (κ3) is 5.63. The number of hydrazone groups is 1. The number of nitrogens with one attached hydrogen (secondary N) is 2. The van der Waals surface area contributed by atoms with Crippen molar-refractivity contribution in [1.29, 1.82) is 0 Å². The lowest BCUT2D eigenvalue weighted by molar-refractivity contribution is -0.121. The largest absolute Gasteiger partial charge is 0.494 e. The fourth-order valence-corrected chi connectivity index (χ4v) is 2.35. The number of halogens is 1. The Morgan fingerprint density at radius 1 is 1.33 bits per heavy atom. The molecule has 0 bridgehead atoms. The Kier molecular flexibility index (Phi) is 7.04. The number of nitrogens with zero attached hydrogens (tertiary/aromatic N) is 2. The van der Waals surface area contributed by atoms with Crippen molar-refractivity contribution in [3.8, 4) is 5.88 Å². The summed E-state index contributed by atoms with van der Waals surface area (Å²) in [6, 6.07) is 5.73. The number of hydrogen-bond donors (Lipinski definition) is 3. The third-order valence-corrected chi connectivity index (χ3v) is 3.88. The third-order valence-electron chi connectivity index (χ3n) is 3.88. The standard InChI is InChI=1S/C18H21FN4O4/c1-2-3-4-15(24)22-20-11-14-16(25)21-18(27)23(17(14)26)10-9-12-5-7-13(19)8-6-12/h5-8,11,26H,2-4,9-10H2,1H3,(H,22,24)(H,21,25,27)/b20-11+. The van der Waals surface area contributed by atoms with Gasteiger partial charge in [-0.3, -0.25) is 19.1 Å². The quantitative estimate of drug-likeness (QED) is 0.475. The zero-order valence-corrected chi connectivity index (χ0v) is 14.9. The Morgan fingerprint density at radius 2 is 2.04 bits per heavy atom. The monoisotopic (exact) mass is 376 g/mol. The van der Waals surface area contributed by atoms with Gasteiger partial charge in [-0.2, -0.15) is 5.10 Å². The first-order valence-electron chi connectivity index (χ1n) is 8.54. The number of hydrogen-bond acceptors (Lipinski definition) is 5. The summed E-state index contributed by atoms with van der Waals surface area (Å²) in [5.74, 6) is -1.24. The molecule has 3 N–H and O–H groups in total. The molecule has 0 saturated carbocycles. The number of unbranched alkanes of at least 4 members (excludes halogenated alkanes) is 1. The second-order valence-corrected chi connectivity index (χ2v) is 5.92. The number of aryl methyl sites for hydroxylation is 1. The molecular weight excluding hydrogens is 355 g/mol. The van der Waals surface area contributed by atoms with Crippen LogP contribution in [0.3, 0.4) is 0 Å². The van der Waals surface area contributed by atoms with E-state index in [4.69, 9.17) is 0 Å².